The molecule has 1 radical (unpaired) electrons. The van der Waals surface area contributed by atoms with Gasteiger partial charge in [0.25, 0.3) is 0 Å². The molecule has 0 aromatic rings. The number of methoxy groups -OCH3 is 1. The van der Waals surface area contributed by atoms with Gasteiger partial charge in [0.2, 0.25) is 0 Å². The zero-order chi connectivity index (χ0) is 5.11. The summed E-state index contributed by atoms with van der Waals surface area (Å²) in [5, 5.41) is 3.14. The molecule has 2 heteroatoms. The van der Waals surface area contributed by atoms with Crippen LogP contribution in [-0.4, -0.2) is 26.3 Å². The zero-order valence-corrected chi connectivity index (χ0v) is 4.48. The van der Waals surface area contributed by atoms with Gasteiger partial charge in [-0.25, -0.2) is 0 Å². The van der Waals surface area contributed by atoms with Crippen LogP contribution in [0.2, 0.25) is 0 Å². The summed E-state index contributed by atoms with van der Waals surface area (Å²) < 4.78 is 4.99. The lowest BCUT2D eigenvalue weighted by Gasteiger charge is -2.01. The van der Waals surface area contributed by atoms with E-state index >= 15 is 0 Å². The number of hydrogen-bond acceptors (Lipinski definition) is 2. The van der Waals surface area contributed by atoms with E-state index in [1.165, 1.54) is 0 Å². The molecule has 1 atom stereocenters. The highest BCUT2D eigenvalue weighted by atomic mass is 16.5. The molecular formula is C5H10NO. The fourth-order valence-corrected chi connectivity index (χ4v) is 0.703. The summed E-state index contributed by atoms with van der Waals surface area (Å²) in [4.78, 5) is 0. The van der Waals surface area contributed by atoms with Crippen molar-refractivity contribution in [3.63, 3.8) is 0 Å². The largest absolute Gasteiger partial charge is 0.380 e. The van der Waals surface area contributed by atoms with Crippen molar-refractivity contribution in [3.8, 4) is 0 Å². The van der Waals surface area contributed by atoms with Crippen LogP contribution in [0.15, 0.2) is 0 Å². The molecule has 2 nitrogen and oxygen atoms in total. The van der Waals surface area contributed by atoms with Crippen LogP contribution in [0.5, 0.6) is 0 Å². The van der Waals surface area contributed by atoms with Crippen LogP contribution in [0, 0.1) is 6.42 Å². The van der Waals surface area contributed by atoms with Gasteiger partial charge in [-0.15, -0.1) is 0 Å². The van der Waals surface area contributed by atoms with Crippen molar-refractivity contribution in [1.82, 2.24) is 5.32 Å². The monoisotopic (exact) mass is 100 g/mol. The van der Waals surface area contributed by atoms with Gasteiger partial charge in [-0.1, -0.05) is 0 Å². The number of ether oxygens (including phenoxy) is 1. The van der Waals surface area contributed by atoms with Gasteiger partial charge in [-0.2, -0.15) is 0 Å². The Kier molecular flexibility index (Phi) is 1.65. The Morgan fingerprint density at radius 2 is 2.71 bits per heavy atom. The summed E-state index contributed by atoms with van der Waals surface area (Å²) >= 11 is 0. The molecular weight excluding hydrogens is 90.1 g/mol. The molecule has 1 rings (SSSR count). The van der Waals surface area contributed by atoms with Gasteiger partial charge in [-0.05, 0) is 0 Å². The van der Waals surface area contributed by atoms with Crippen LogP contribution in [-0.2, 0) is 4.74 Å². The van der Waals surface area contributed by atoms with Gasteiger partial charge < -0.3 is 10.1 Å². The highest BCUT2D eigenvalue weighted by Gasteiger charge is 2.11. The predicted molar refractivity (Wildman–Crippen MR) is 28.0 cm³/mol. The van der Waals surface area contributed by atoms with E-state index in [9.17, 15) is 0 Å². The SMILES string of the molecule is CO[C@H]1[CH]CNC1. The molecule has 7 heavy (non-hydrogen) atoms. The molecule has 41 valence electrons. The second kappa shape index (κ2) is 2.28. The molecule has 0 amide bonds. The third kappa shape index (κ3) is 1.14. The van der Waals surface area contributed by atoms with Crippen molar-refractivity contribution in [2.75, 3.05) is 20.2 Å². The molecule has 0 aromatic heterocycles. The Balaban J connectivity index is 2.14. The van der Waals surface area contributed by atoms with Gasteiger partial charge in [0.1, 0.15) is 0 Å². The van der Waals surface area contributed by atoms with E-state index in [-0.39, 0.29) is 0 Å². The smallest absolute Gasteiger partial charge is 0.0739 e. The molecule has 1 aliphatic rings. The van der Waals surface area contributed by atoms with Crippen LogP contribution >= 0.6 is 0 Å². The van der Waals surface area contributed by atoms with Crippen molar-refractivity contribution in [2.45, 2.75) is 6.10 Å². The predicted octanol–water partition coefficient (Wildman–Crippen LogP) is -0.191. The summed E-state index contributed by atoms with van der Waals surface area (Å²) in [5.74, 6) is 0. The molecule has 0 saturated carbocycles. The lowest BCUT2D eigenvalue weighted by molar-refractivity contribution is 0.143. The first-order chi connectivity index (χ1) is 3.43. The molecule has 0 aromatic carbocycles. The summed E-state index contributed by atoms with van der Waals surface area (Å²) in [6.07, 6.45) is 2.49. The van der Waals surface area contributed by atoms with Crippen LogP contribution < -0.4 is 5.32 Å². The van der Waals surface area contributed by atoms with E-state index < -0.39 is 0 Å². The number of hydrogen-bond donors (Lipinski definition) is 1. The fraction of sp³-hybridized carbons (Fsp3) is 0.800. The van der Waals surface area contributed by atoms with E-state index in [1.807, 2.05) is 0 Å². The minimum Gasteiger partial charge on any atom is -0.380 e. The van der Waals surface area contributed by atoms with Gasteiger partial charge in [0.15, 0.2) is 0 Å². The Morgan fingerprint density at radius 3 is 3.00 bits per heavy atom. The van der Waals surface area contributed by atoms with E-state index in [0.717, 1.165) is 13.1 Å². The molecule has 1 saturated heterocycles. The second-order valence-corrected chi connectivity index (χ2v) is 1.67. The maximum Gasteiger partial charge on any atom is 0.0739 e. The van der Waals surface area contributed by atoms with E-state index in [4.69, 9.17) is 4.74 Å². The molecule has 0 bridgehead atoms. The van der Waals surface area contributed by atoms with Crippen LogP contribution in [0.1, 0.15) is 0 Å². The average molecular weight is 100 g/mol. The molecule has 0 aliphatic carbocycles. The second-order valence-electron chi connectivity index (χ2n) is 1.67. The molecule has 0 unspecified atom stereocenters. The Hall–Kier alpha value is -0.0800. The van der Waals surface area contributed by atoms with Gasteiger partial charge in [0.05, 0.1) is 6.10 Å². The van der Waals surface area contributed by atoms with Crippen molar-refractivity contribution >= 4 is 0 Å². The lowest BCUT2D eigenvalue weighted by Crippen LogP contribution is -2.14. The minimum absolute atomic E-state index is 0.361. The van der Waals surface area contributed by atoms with Gasteiger partial charge in [0, 0.05) is 26.6 Å². The highest BCUT2D eigenvalue weighted by molar-refractivity contribution is 4.87. The zero-order valence-electron chi connectivity index (χ0n) is 4.48. The van der Waals surface area contributed by atoms with Crippen molar-refractivity contribution in [3.05, 3.63) is 6.42 Å². The van der Waals surface area contributed by atoms with Crippen LogP contribution in [0.25, 0.3) is 0 Å². The minimum atomic E-state index is 0.361. The third-order valence-corrected chi connectivity index (χ3v) is 1.17. The van der Waals surface area contributed by atoms with E-state index in [0.29, 0.717) is 6.10 Å². The first kappa shape index (κ1) is 5.06. The maximum atomic E-state index is 4.99. The molecule has 1 heterocycles. The van der Waals surface area contributed by atoms with E-state index in [1.54, 1.807) is 7.11 Å². The molecule has 1 N–H and O–H groups in total. The molecule has 1 aliphatic heterocycles. The summed E-state index contributed by atoms with van der Waals surface area (Å²) in [6, 6.07) is 0. The quantitative estimate of drug-likeness (QED) is 0.493. The standard InChI is InChI=1S/C5H10NO/c1-7-5-2-3-6-4-5/h2,5-6H,3-4H2,1H3/t5-/m0/s1. The topological polar surface area (TPSA) is 21.3 Å². The van der Waals surface area contributed by atoms with Crippen LogP contribution in [0.3, 0.4) is 0 Å². The lowest BCUT2D eigenvalue weighted by atomic mass is 10.3. The molecule has 0 spiro atoms. The normalized spacial score (nSPS) is 31.3. The third-order valence-electron chi connectivity index (χ3n) is 1.17. The van der Waals surface area contributed by atoms with Crippen LogP contribution in [0.4, 0.5) is 0 Å². The first-order valence-corrected chi connectivity index (χ1v) is 2.50. The van der Waals surface area contributed by atoms with Crippen molar-refractivity contribution in [1.29, 1.82) is 0 Å². The highest BCUT2D eigenvalue weighted by Crippen LogP contribution is 1.97. The van der Waals surface area contributed by atoms with Crippen molar-refractivity contribution < 1.29 is 4.74 Å². The summed E-state index contributed by atoms with van der Waals surface area (Å²) in [5.41, 5.74) is 0. The maximum absolute atomic E-state index is 4.99. The number of nitrogens with one attached hydrogen (secondary N) is 1. The van der Waals surface area contributed by atoms with Crippen molar-refractivity contribution in [2.24, 2.45) is 0 Å². The fourth-order valence-electron chi connectivity index (χ4n) is 0.703. The van der Waals surface area contributed by atoms with Gasteiger partial charge >= 0.3 is 0 Å². The number of rotatable bonds is 1. The summed E-state index contributed by atoms with van der Waals surface area (Å²) in [7, 11) is 1.73. The Morgan fingerprint density at radius 1 is 1.86 bits per heavy atom. The summed E-state index contributed by atoms with van der Waals surface area (Å²) in [6.45, 7) is 1.98. The Bertz CT molecular complexity index is 50.0. The molecule has 1 fully saturated rings. The Labute approximate surface area is 43.9 Å². The first-order valence-electron chi connectivity index (χ1n) is 2.50. The van der Waals surface area contributed by atoms with E-state index in [2.05, 4.69) is 11.7 Å². The van der Waals surface area contributed by atoms with Gasteiger partial charge in [-0.3, -0.25) is 0 Å². The average Bonchev–Trinajstić information content (AvgIpc) is 2.14.